The van der Waals surface area contributed by atoms with Crippen LogP contribution >= 0.6 is 0 Å². The molecule has 23 heavy (non-hydrogen) atoms. The number of nitrogens with one attached hydrogen (secondary N) is 1. The van der Waals surface area contributed by atoms with E-state index in [1.807, 2.05) is 42.5 Å². The lowest BCUT2D eigenvalue weighted by molar-refractivity contribution is 0.0954. The summed E-state index contributed by atoms with van der Waals surface area (Å²) in [5, 5.41) is 2.95. The number of rotatable bonds is 8. The van der Waals surface area contributed by atoms with Gasteiger partial charge in [-0.05, 0) is 48.6 Å². The van der Waals surface area contributed by atoms with Crippen molar-refractivity contribution in [2.24, 2.45) is 5.92 Å². The van der Waals surface area contributed by atoms with Crippen molar-refractivity contribution in [3.63, 3.8) is 0 Å². The molecule has 2 rings (SSSR count). The lowest BCUT2D eigenvalue weighted by Gasteiger charge is -2.09. The van der Waals surface area contributed by atoms with Crippen molar-refractivity contribution >= 4 is 5.91 Å². The summed E-state index contributed by atoms with van der Waals surface area (Å²) in [4.78, 5) is 12.1. The normalized spacial score (nSPS) is 10.6. The van der Waals surface area contributed by atoms with Crippen LogP contribution in [0.5, 0.6) is 5.75 Å². The molecule has 3 heteroatoms. The van der Waals surface area contributed by atoms with Crippen LogP contribution in [-0.4, -0.2) is 19.1 Å². The van der Waals surface area contributed by atoms with E-state index < -0.39 is 0 Å². The molecule has 1 amide bonds. The second-order valence-corrected chi connectivity index (χ2v) is 6.05. The molecular formula is C20H25NO2. The van der Waals surface area contributed by atoms with Crippen LogP contribution in [-0.2, 0) is 6.42 Å². The summed E-state index contributed by atoms with van der Waals surface area (Å²) in [6.07, 6.45) is 1.87. The van der Waals surface area contributed by atoms with E-state index in [2.05, 4.69) is 31.3 Å². The molecule has 0 bridgehead atoms. The molecule has 0 spiro atoms. The zero-order valence-electron chi connectivity index (χ0n) is 13.9. The van der Waals surface area contributed by atoms with Crippen LogP contribution in [0, 0.1) is 5.92 Å². The molecule has 2 aromatic carbocycles. The highest BCUT2D eigenvalue weighted by Crippen LogP contribution is 2.13. The van der Waals surface area contributed by atoms with Crippen LogP contribution in [0.3, 0.4) is 0 Å². The maximum Gasteiger partial charge on any atom is 0.251 e. The van der Waals surface area contributed by atoms with Gasteiger partial charge in [0.05, 0.1) is 6.61 Å². The van der Waals surface area contributed by atoms with Crippen LogP contribution in [0.25, 0.3) is 0 Å². The monoisotopic (exact) mass is 311 g/mol. The minimum absolute atomic E-state index is 0.0466. The van der Waals surface area contributed by atoms with Gasteiger partial charge in [0.25, 0.3) is 5.91 Å². The summed E-state index contributed by atoms with van der Waals surface area (Å²) < 4.78 is 5.66. The zero-order chi connectivity index (χ0) is 16.5. The minimum atomic E-state index is -0.0466. The molecule has 0 aromatic heterocycles. The standard InChI is InChI=1S/C20H25NO2/c1-16(2)13-15-23-19-10-8-18(9-11-19)20(22)21-14-12-17-6-4-3-5-7-17/h3-11,16H,12-15H2,1-2H3,(H,21,22). The molecule has 0 aliphatic carbocycles. The third-order valence-electron chi connectivity index (χ3n) is 3.62. The molecule has 122 valence electrons. The van der Waals surface area contributed by atoms with E-state index in [1.165, 1.54) is 5.56 Å². The minimum Gasteiger partial charge on any atom is -0.494 e. The van der Waals surface area contributed by atoms with Gasteiger partial charge in [0.2, 0.25) is 0 Å². The Morgan fingerprint density at radius 3 is 2.39 bits per heavy atom. The molecule has 0 heterocycles. The Hall–Kier alpha value is -2.29. The number of hydrogen-bond donors (Lipinski definition) is 1. The molecule has 3 nitrogen and oxygen atoms in total. The van der Waals surface area contributed by atoms with Gasteiger partial charge >= 0.3 is 0 Å². The van der Waals surface area contributed by atoms with Gasteiger partial charge in [-0.1, -0.05) is 44.2 Å². The van der Waals surface area contributed by atoms with Crippen molar-refractivity contribution in [3.8, 4) is 5.75 Å². The van der Waals surface area contributed by atoms with E-state index in [0.29, 0.717) is 24.6 Å². The Bertz CT molecular complexity index is 591. The summed E-state index contributed by atoms with van der Waals surface area (Å²) >= 11 is 0. The highest BCUT2D eigenvalue weighted by molar-refractivity contribution is 5.94. The molecule has 0 saturated carbocycles. The van der Waals surface area contributed by atoms with Crippen LogP contribution in [0.4, 0.5) is 0 Å². The van der Waals surface area contributed by atoms with Crippen LogP contribution < -0.4 is 10.1 Å². The topological polar surface area (TPSA) is 38.3 Å². The summed E-state index contributed by atoms with van der Waals surface area (Å²) in [5.41, 5.74) is 1.89. The van der Waals surface area contributed by atoms with Crippen molar-refractivity contribution in [1.29, 1.82) is 0 Å². The average Bonchev–Trinajstić information content (AvgIpc) is 2.56. The fraction of sp³-hybridized carbons (Fsp3) is 0.350. The number of ether oxygens (including phenoxy) is 1. The predicted molar refractivity (Wildman–Crippen MR) is 93.9 cm³/mol. The molecule has 0 unspecified atom stereocenters. The van der Waals surface area contributed by atoms with Gasteiger partial charge in [-0.2, -0.15) is 0 Å². The highest BCUT2D eigenvalue weighted by Gasteiger charge is 2.05. The zero-order valence-corrected chi connectivity index (χ0v) is 13.9. The molecule has 1 N–H and O–H groups in total. The quantitative estimate of drug-likeness (QED) is 0.797. The summed E-state index contributed by atoms with van der Waals surface area (Å²) in [6, 6.07) is 17.5. The molecule has 2 aromatic rings. The summed E-state index contributed by atoms with van der Waals surface area (Å²) in [5.74, 6) is 1.39. The van der Waals surface area contributed by atoms with Gasteiger partial charge in [-0.15, -0.1) is 0 Å². The molecule has 0 aliphatic rings. The second kappa shape index (κ2) is 8.99. The molecule has 0 saturated heterocycles. The Labute approximate surface area is 138 Å². The number of carbonyl (C=O) groups excluding carboxylic acids is 1. The Morgan fingerprint density at radius 1 is 1.04 bits per heavy atom. The predicted octanol–water partition coefficient (Wildman–Crippen LogP) is 4.08. The third kappa shape index (κ3) is 6.15. The first-order valence-electron chi connectivity index (χ1n) is 8.20. The Morgan fingerprint density at radius 2 is 1.74 bits per heavy atom. The average molecular weight is 311 g/mol. The van der Waals surface area contributed by atoms with Crippen molar-refractivity contribution in [3.05, 3.63) is 65.7 Å². The molecule has 0 aliphatic heterocycles. The van der Waals surface area contributed by atoms with E-state index >= 15 is 0 Å². The van der Waals surface area contributed by atoms with Crippen molar-refractivity contribution in [2.75, 3.05) is 13.2 Å². The SMILES string of the molecule is CC(C)CCOc1ccc(C(=O)NCCc2ccccc2)cc1. The van der Waals surface area contributed by atoms with E-state index in [-0.39, 0.29) is 5.91 Å². The van der Waals surface area contributed by atoms with E-state index in [1.54, 1.807) is 0 Å². The fourth-order valence-corrected chi connectivity index (χ4v) is 2.18. The smallest absolute Gasteiger partial charge is 0.251 e. The first kappa shape index (κ1) is 17.1. The maximum atomic E-state index is 12.1. The lowest BCUT2D eigenvalue weighted by atomic mass is 10.1. The first-order chi connectivity index (χ1) is 11.1. The molecule has 0 radical (unpaired) electrons. The summed E-state index contributed by atoms with van der Waals surface area (Å²) in [6.45, 7) is 5.69. The van der Waals surface area contributed by atoms with Gasteiger partial charge in [-0.25, -0.2) is 0 Å². The van der Waals surface area contributed by atoms with Gasteiger partial charge in [-0.3, -0.25) is 4.79 Å². The second-order valence-electron chi connectivity index (χ2n) is 6.05. The lowest BCUT2D eigenvalue weighted by Crippen LogP contribution is -2.25. The number of benzene rings is 2. The maximum absolute atomic E-state index is 12.1. The van der Waals surface area contributed by atoms with Gasteiger partial charge in [0.15, 0.2) is 0 Å². The fourth-order valence-electron chi connectivity index (χ4n) is 2.18. The third-order valence-corrected chi connectivity index (χ3v) is 3.62. The number of amides is 1. The Balaban J connectivity index is 1.76. The first-order valence-corrected chi connectivity index (χ1v) is 8.20. The van der Waals surface area contributed by atoms with Gasteiger partial charge < -0.3 is 10.1 Å². The number of hydrogen-bond acceptors (Lipinski definition) is 2. The Kier molecular flexibility index (Phi) is 6.67. The molecular weight excluding hydrogens is 286 g/mol. The van der Waals surface area contributed by atoms with Crippen LogP contribution in [0.1, 0.15) is 36.2 Å². The summed E-state index contributed by atoms with van der Waals surface area (Å²) in [7, 11) is 0. The van der Waals surface area contributed by atoms with E-state index in [9.17, 15) is 4.79 Å². The van der Waals surface area contributed by atoms with Gasteiger partial charge in [0.1, 0.15) is 5.75 Å². The van der Waals surface area contributed by atoms with Crippen molar-refractivity contribution in [1.82, 2.24) is 5.32 Å². The van der Waals surface area contributed by atoms with Crippen molar-refractivity contribution < 1.29 is 9.53 Å². The molecule has 0 atom stereocenters. The number of carbonyl (C=O) groups is 1. The van der Waals surface area contributed by atoms with Gasteiger partial charge in [0, 0.05) is 12.1 Å². The molecule has 0 fully saturated rings. The van der Waals surface area contributed by atoms with E-state index in [4.69, 9.17) is 4.74 Å². The van der Waals surface area contributed by atoms with Crippen LogP contribution in [0.15, 0.2) is 54.6 Å². The van der Waals surface area contributed by atoms with E-state index in [0.717, 1.165) is 18.6 Å². The highest BCUT2D eigenvalue weighted by atomic mass is 16.5. The largest absolute Gasteiger partial charge is 0.494 e. The van der Waals surface area contributed by atoms with Crippen LogP contribution in [0.2, 0.25) is 0 Å². The van der Waals surface area contributed by atoms with Crippen molar-refractivity contribution in [2.45, 2.75) is 26.7 Å².